The van der Waals surface area contributed by atoms with Gasteiger partial charge in [0.25, 0.3) is 0 Å². The summed E-state index contributed by atoms with van der Waals surface area (Å²) >= 11 is 0. The fraction of sp³-hybridized carbons (Fsp3) is 0.520. The number of pyridine rings is 1. The van der Waals surface area contributed by atoms with Crippen LogP contribution in [0.15, 0.2) is 48.7 Å². The molecule has 0 spiro atoms. The molecule has 1 aromatic heterocycles. The molecule has 2 aromatic rings. The smallest absolute Gasteiger partial charge is 0.404 e. The van der Waals surface area contributed by atoms with Crippen LogP contribution in [0.1, 0.15) is 32.1 Å². The average molecular weight is 477 g/mol. The summed E-state index contributed by atoms with van der Waals surface area (Å²) < 4.78 is 42.6. The molecule has 0 N–H and O–H groups in total. The van der Waals surface area contributed by atoms with Crippen molar-refractivity contribution in [1.82, 2.24) is 9.88 Å². The first-order chi connectivity index (χ1) is 16.4. The van der Waals surface area contributed by atoms with Gasteiger partial charge in [-0.25, -0.2) is 4.98 Å². The Morgan fingerprint density at radius 1 is 1.00 bits per heavy atom. The Bertz CT molecular complexity index is 927. The van der Waals surface area contributed by atoms with Crippen LogP contribution in [0.2, 0.25) is 0 Å². The molecule has 1 aliphatic carbocycles. The molecular formula is C25H31F3N4O2. The van der Waals surface area contributed by atoms with Crippen molar-refractivity contribution in [3.8, 4) is 5.75 Å². The van der Waals surface area contributed by atoms with E-state index in [0.29, 0.717) is 50.8 Å². The summed E-state index contributed by atoms with van der Waals surface area (Å²) in [4.78, 5) is 23.7. The number of piperazine rings is 1. The van der Waals surface area contributed by atoms with Crippen molar-refractivity contribution in [2.24, 2.45) is 5.92 Å². The molecule has 1 aliphatic heterocycles. The molecule has 0 unspecified atom stereocenters. The number of anilines is 2. The molecule has 34 heavy (non-hydrogen) atoms. The lowest BCUT2D eigenvalue weighted by Crippen LogP contribution is -2.50. The number of para-hydroxylation sites is 2. The van der Waals surface area contributed by atoms with Crippen LogP contribution in [0.4, 0.5) is 24.7 Å². The number of amides is 1. The van der Waals surface area contributed by atoms with E-state index in [1.807, 2.05) is 28.0 Å². The number of ether oxygens (including phenoxy) is 1. The van der Waals surface area contributed by atoms with E-state index in [2.05, 4.69) is 14.6 Å². The lowest BCUT2D eigenvalue weighted by molar-refractivity contribution is -0.274. The van der Waals surface area contributed by atoms with Gasteiger partial charge < -0.3 is 9.64 Å². The van der Waals surface area contributed by atoms with Crippen LogP contribution in [-0.2, 0) is 4.79 Å². The molecule has 2 heterocycles. The molecule has 4 rings (SSSR count). The largest absolute Gasteiger partial charge is 0.573 e. The Balaban J connectivity index is 1.36. The predicted molar refractivity (Wildman–Crippen MR) is 125 cm³/mol. The van der Waals surface area contributed by atoms with Crippen molar-refractivity contribution in [1.29, 1.82) is 0 Å². The molecule has 0 atom stereocenters. The molecule has 9 heteroatoms. The van der Waals surface area contributed by atoms with Gasteiger partial charge in [-0.1, -0.05) is 37.5 Å². The zero-order chi connectivity index (χ0) is 24.0. The fourth-order valence-corrected chi connectivity index (χ4v) is 4.80. The molecule has 1 aromatic carbocycles. The number of hydrogen-bond acceptors (Lipinski definition) is 5. The first-order valence-electron chi connectivity index (χ1n) is 12.0. The standard InChI is InChI=1S/C25H31F3N4O2/c26-25(27,28)34-22-11-5-4-10-21(22)31-17-14-30(15-18-31)16-19-32(23-12-6-7-13-29-23)24(33)20-8-2-1-3-9-20/h4-7,10-13,20H,1-3,8-9,14-19H2. The van der Waals surface area contributed by atoms with E-state index < -0.39 is 6.36 Å². The molecule has 2 fully saturated rings. The predicted octanol–water partition coefficient (Wildman–Crippen LogP) is 4.72. The number of hydrogen-bond donors (Lipinski definition) is 0. The average Bonchev–Trinajstić information content (AvgIpc) is 2.85. The maximum Gasteiger partial charge on any atom is 0.573 e. The minimum Gasteiger partial charge on any atom is -0.404 e. The molecule has 1 saturated heterocycles. The number of aromatic nitrogens is 1. The molecule has 2 aliphatic rings. The van der Waals surface area contributed by atoms with Crippen LogP contribution >= 0.6 is 0 Å². The van der Waals surface area contributed by atoms with Crippen LogP contribution in [-0.4, -0.2) is 61.4 Å². The molecule has 1 amide bonds. The SMILES string of the molecule is O=C(C1CCCCC1)N(CCN1CCN(c2ccccc2OC(F)(F)F)CC1)c1ccccn1. The van der Waals surface area contributed by atoms with Gasteiger partial charge in [0.1, 0.15) is 5.82 Å². The quantitative estimate of drug-likeness (QED) is 0.579. The third-order valence-corrected chi connectivity index (χ3v) is 6.59. The molecule has 0 bridgehead atoms. The first-order valence-corrected chi connectivity index (χ1v) is 12.0. The number of carbonyl (C=O) groups excluding carboxylic acids is 1. The van der Waals surface area contributed by atoms with Crippen LogP contribution in [0.25, 0.3) is 0 Å². The Kier molecular flexibility index (Phi) is 7.92. The summed E-state index contributed by atoms with van der Waals surface area (Å²) in [7, 11) is 0. The van der Waals surface area contributed by atoms with E-state index in [4.69, 9.17) is 0 Å². The molecule has 184 valence electrons. The second kappa shape index (κ2) is 11.1. The van der Waals surface area contributed by atoms with Crippen molar-refractivity contribution in [3.05, 3.63) is 48.7 Å². The highest BCUT2D eigenvalue weighted by atomic mass is 19.4. The number of carbonyl (C=O) groups is 1. The molecule has 6 nitrogen and oxygen atoms in total. The van der Waals surface area contributed by atoms with Gasteiger partial charge in [-0.15, -0.1) is 13.2 Å². The van der Waals surface area contributed by atoms with Crippen LogP contribution < -0.4 is 14.5 Å². The monoisotopic (exact) mass is 476 g/mol. The number of alkyl halides is 3. The summed E-state index contributed by atoms with van der Waals surface area (Å²) in [5.74, 6) is 0.700. The van der Waals surface area contributed by atoms with E-state index in [1.54, 1.807) is 18.3 Å². The summed E-state index contributed by atoms with van der Waals surface area (Å²) in [6.45, 7) is 3.77. The third-order valence-electron chi connectivity index (χ3n) is 6.59. The second-order valence-corrected chi connectivity index (χ2v) is 8.86. The highest BCUT2D eigenvalue weighted by Gasteiger charge is 2.33. The highest BCUT2D eigenvalue weighted by molar-refractivity contribution is 5.94. The second-order valence-electron chi connectivity index (χ2n) is 8.86. The van der Waals surface area contributed by atoms with Crippen LogP contribution in [0.3, 0.4) is 0 Å². The molecule has 0 radical (unpaired) electrons. The summed E-state index contributed by atoms with van der Waals surface area (Å²) in [6.07, 6.45) is 2.21. The van der Waals surface area contributed by atoms with Gasteiger partial charge in [-0.3, -0.25) is 14.6 Å². The Hall–Kier alpha value is -2.81. The van der Waals surface area contributed by atoms with Gasteiger partial charge in [0.05, 0.1) is 5.69 Å². The van der Waals surface area contributed by atoms with Gasteiger partial charge in [0, 0.05) is 51.4 Å². The van der Waals surface area contributed by atoms with Gasteiger partial charge in [0.15, 0.2) is 5.75 Å². The topological polar surface area (TPSA) is 48.9 Å². The summed E-state index contributed by atoms with van der Waals surface area (Å²) in [5.41, 5.74) is 0.446. The van der Waals surface area contributed by atoms with E-state index in [1.165, 1.54) is 18.6 Å². The van der Waals surface area contributed by atoms with Crippen molar-refractivity contribution in [2.75, 3.05) is 49.1 Å². The van der Waals surface area contributed by atoms with Crippen LogP contribution in [0.5, 0.6) is 5.75 Å². The van der Waals surface area contributed by atoms with Gasteiger partial charge in [-0.05, 0) is 37.1 Å². The summed E-state index contributed by atoms with van der Waals surface area (Å²) in [6, 6.07) is 11.9. The first kappa shape index (κ1) is 24.3. The summed E-state index contributed by atoms with van der Waals surface area (Å²) in [5, 5.41) is 0. The molecular weight excluding hydrogens is 445 g/mol. The number of benzene rings is 1. The maximum atomic E-state index is 13.3. The van der Waals surface area contributed by atoms with E-state index in [0.717, 1.165) is 25.7 Å². The third kappa shape index (κ3) is 6.40. The zero-order valence-electron chi connectivity index (χ0n) is 19.2. The number of rotatable bonds is 7. The highest BCUT2D eigenvalue weighted by Crippen LogP contribution is 2.33. The number of nitrogens with zero attached hydrogens (tertiary/aromatic N) is 4. The Morgan fingerprint density at radius 2 is 1.71 bits per heavy atom. The minimum atomic E-state index is -4.72. The van der Waals surface area contributed by atoms with Gasteiger partial charge in [-0.2, -0.15) is 0 Å². The van der Waals surface area contributed by atoms with Crippen molar-refractivity contribution in [2.45, 2.75) is 38.5 Å². The minimum absolute atomic E-state index is 0.0535. The Labute approximate surface area is 198 Å². The van der Waals surface area contributed by atoms with Crippen molar-refractivity contribution >= 4 is 17.4 Å². The lowest BCUT2D eigenvalue weighted by Gasteiger charge is -2.38. The van der Waals surface area contributed by atoms with Crippen molar-refractivity contribution < 1.29 is 22.7 Å². The van der Waals surface area contributed by atoms with E-state index >= 15 is 0 Å². The van der Waals surface area contributed by atoms with Crippen LogP contribution in [0, 0.1) is 5.92 Å². The van der Waals surface area contributed by atoms with E-state index in [-0.39, 0.29) is 17.6 Å². The zero-order valence-corrected chi connectivity index (χ0v) is 19.2. The lowest BCUT2D eigenvalue weighted by atomic mass is 9.88. The fourth-order valence-electron chi connectivity index (χ4n) is 4.80. The maximum absolute atomic E-state index is 13.3. The Morgan fingerprint density at radius 3 is 2.38 bits per heavy atom. The van der Waals surface area contributed by atoms with Gasteiger partial charge in [0.2, 0.25) is 5.91 Å². The van der Waals surface area contributed by atoms with E-state index in [9.17, 15) is 18.0 Å². The number of halogens is 3. The van der Waals surface area contributed by atoms with Crippen molar-refractivity contribution in [3.63, 3.8) is 0 Å². The normalized spacial score (nSPS) is 18.0. The van der Waals surface area contributed by atoms with Gasteiger partial charge >= 0.3 is 6.36 Å². The molecule has 1 saturated carbocycles.